The minimum Gasteiger partial charge on any atom is -0.493 e. The Morgan fingerprint density at radius 1 is 1.21 bits per heavy atom. The van der Waals surface area contributed by atoms with Crippen molar-refractivity contribution in [3.63, 3.8) is 0 Å². The first-order valence-corrected chi connectivity index (χ1v) is 9.12. The van der Waals surface area contributed by atoms with Crippen molar-refractivity contribution in [3.05, 3.63) is 48.0 Å². The van der Waals surface area contributed by atoms with E-state index in [1.807, 2.05) is 24.3 Å². The van der Waals surface area contributed by atoms with E-state index in [0.717, 1.165) is 37.7 Å². The van der Waals surface area contributed by atoms with E-state index in [9.17, 15) is 4.79 Å². The van der Waals surface area contributed by atoms with Crippen LogP contribution in [-0.2, 0) is 9.53 Å². The summed E-state index contributed by atoms with van der Waals surface area (Å²) in [4.78, 5) is 17.9. The van der Waals surface area contributed by atoms with Crippen LogP contribution in [0.1, 0.15) is 12.5 Å². The molecule has 0 unspecified atom stereocenters. The number of aliphatic carboxylic acids is 1. The maximum Gasteiger partial charge on any atom is 0.344 e. The molecule has 1 N–H and O–H groups in total. The van der Waals surface area contributed by atoms with Crippen molar-refractivity contribution in [1.82, 2.24) is 0 Å². The average Bonchev–Trinajstić information content (AvgIpc) is 2.73. The van der Waals surface area contributed by atoms with Crippen LogP contribution in [0.15, 0.2) is 47.5 Å². The second kappa shape index (κ2) is 9.23. The summed E-state index contributed by atoms with van der Waals surface area (Å²) in [7, 11) is 1.51. The number of aliphatic imine (C=N–C) groups is 1. The second-order valence-electron chi connectivity index (χ2n) is 6.35. The fourth-order valence-electron chi connectivity index (χ4n) is 2.86. The lowest BCUT2D eigenvalue weighted by molar-refractivity contribution is -0.144. The number of hydrogen-bond acceptors (Lipinski definition) is 6. The van der Waals surface area contributed by atoms with Crippen LogP contribution >= 0.6 is 0 Å². The van der Waals surface area contributed by atoms with Gasteiger partial charge in [-0.15, -0.1) is 0 Å². The highest BCUT2D eigenvalue weighted by molar-refractivity contribution is 5.87. The smallest absolute Gasteiger partial charge is 0.344 e. The number of methoxy groups -OCH3 is 1. The first-order valence-electron chi connectivity index (χ1n) is 9.12. The zero-order valence-corrected chi connectivity index (χ0v) is 16.0. The fourth-order valence-corrected chi connectivity index (χ4v) is 2.86. The Balaban J connectivity index is 1.78. The summed E-state index contributed by atoms with van der Waals surface area (Å²) in [5.74, 6) is -0.235. The molecule has 1 aliphatic rings. The Bertz CT molecular complexity index is 829. The molecule has 7 heteroatoms. The minimum absolute atomic E-state index is 0.355. The molecule has 1 aliphatic heterocycles. The lowest BCUT2D eigenvalue weighted by Crippen LogP contribution is -2.36. The predicted octanol–water partition coefficient (Wildman–Crippen LogP) is 3.13. The number of benzene rings is 2. The number of nitrogens with zero attached hydrogens (tertiary/aromatic N) is 2. The first kappa shape index (κ1) is 19.7. The van der Waals surface area contributed by atoms with Crippen LogP contribution in [0, 0.1) is 0 Å². The van der Waals surface area contributed by atoms with Gasteiger partial charge in [-0.25, -0.2) is 4.79 Å². The quantitative estimate of drug-likeness (QED) is 0.739. The van der Waals surface area contributed by atoms with Gasteiger partial charge in [-0.05, 0) is 43.3 Å². The highest BCUT2D eigenvalue weighted by atomic mass is 16.5. The fraction of sp³-hybridized carbons (Fsp3) is 0.333. The number of rotatable bonds is 7. The molecule has 0 aliphatic carbocycles. The summed E-state index contributed by atoms with van der Waals surface area (Å²) in [6.45, 7) is 4.73. The van der Waals surface area contributed by atoms with Gasteiger partial charge >= 0.3 is 5.97 Å². The van der Waals surface area contributed by atoms with Gasteiger partial charge in [0.15, 0.2) is 17.6 Å². The third-order valence-electron chi connectivity index (χ3n) is 4.45. The first-order chi connectivity index (χ1) is 13.6. The summed E-state index contributed by atoms with van der Waals surface area (Å²) in [5.41, 5.74) is 2.57. The molecule has 0 amide bonds. The third-order valence-corrected chi connectivity index (χ3v) is 4.45. The average molecular weight is 384 g/mol. The van der Waals surface area contributed by atoms with E-state index in [1.54, 1.807) is 24.4 Å². The molecule has 1 saturated heterocycles. The van der Waals surface area contributed by atoms with Crippen LogP contribution < -0.4 is 14.4 Å². The van der Waals surface area contributed by atoms with Gasteiger partial charge in [0, 0.05) is 30.6 Å². The molecule has 0 bridgehead atoms. The van der Waals surface area contributed by atoms with Crippen molar-refractivity contribution >= 4 is 23.6 Å². The Hall–Kier alpha value is -3.06. The molecule has 0 saturated carbocycles. The lowest BCUT2D eigenvalue weighted by atomic mass is 10.2. The van der Waals surface area contributed by atoms with Crippen molar-refractivity contribution in [2.45, 2.75) is 13.0 Å². The van der Waals surface area contributed by atoms with E-state index in [0.29, 0.717) is 17.1 Å². The number of para-hydroxylation sites is 1. The van der Waals surface area contributed by atoms with Crippen LogP contribution in [0.25, 0.3) is 0 Å². The van der Waals surface area contributed by atoms with Gasteiger partial charge in [-0.2, -0.15) is 0 Å². The molecule has 148 valence electrons. The van der Waals surface area contributed by atoms with Gasteiger partial charge in [0.05, 0.1) is 26.0 Å². The number of carbonyl (C=O) groups is 1. The molecule has 1 heterocycles. The van der Waals surface area contributed by atoms with Gasteiger partial charge in [0.25, 0.3) is 0 Å². The van der Waals surface area contributed by atoms with E-state index >= 15 is 0 Å². The van der Waals surface area contributed by atoms with Crippen LogP contribution in [-0.4, -0.2) is 56.8 Å². The van der Waals surface area contributed by atoms with Crippen molar-refractivity contribution in [2.24, 2.45) is 4.99 Å². The van der Waals surface area contributed by atoms with Crippen LogP contribution in [0.3, 0.4) is 0 Å². The van der Waals surface area contributed by atoms with Crippen LogP contribution in [0.2, 0.25) is 0 Å². The minimum atomic E-state index is -1.05. The SMILES string of the molecule is COc1cccc(C=Nc2ccc(N3CCOCC3)cc2)c1O[C@H](C)C(=O)O. The highest BCUT2D eigenvalue weighted by Crippen LogP contribution is 2.31. The molecule has 7 nitrogen and oxygen atoms in total. The number of carboxylic acid groups (broad SMARTS) is 1. The van der Waals surface area contributed by atoms with E-state index in [4.69, 9.17) is 19.3 Å². The summed E-state index contributed by atoms with van der Waals surface area (Å²) in [5, 5.41) is 9.13. The zero-order valence-electron chi connectivity index (χ0n) is 16.0. The highest BCUT2D eigenvalue weighted by Gasteiger charge is 2.18. The lowest BCUT2D eigenvalue weighted by Gasteiger charge is -2.28. The Labute approximate surface area is 164 Å². The third kappa shape index (κ3) is 4.80. The molecule has 28 heavy (non-hydrogen) atoms. The van der Waals surface area contributed by atoms with Gasteiger partial charge in [0.2, 0.25) is 0 Å². The molecule has 2 aromatic carbocycles. The Morgan fingerprint density at radius 3 is 2.57 bits per heavy atom. The van der Waals surface area contributed by atoms with Crippen LogP contribution in [0.4, 0.5) is 11.4 Å². The van der Waals surface area contributed by atoms with Gasteiger partial charge in [-0.3, -0.25) is 4.99 Å². The zero-order chi connectivity index (χ0) is 19.9. The van der Waals surface area contributed by atoms with Gasteiger partial charge in [0.1, 0.15) is 0 Å². The van der Waals surface area contributed by atoms with Crippen molar-refractivity contribution in [1.29, 1.82) is 0 Å². The maximum absolute atomic E-state index is 11.1. The van der Waals surface area contributed by atoms with Crippen LogP contribution in [0.5, 0.6) is 11.5 Å². The van der Waals surface area contributed by atoms with E-state index in [-0.39, 0.29) is 0 Å². The second-order valence-corrected chi connectivity index (χ2v) is 6.35. The molecule has 1 fully saturated rings. The maximum atomic E-state index is 11.1. The number of morpholine rings is 1. The van der Waals surface area contributed by atoms with Crippen molar-refractivity contribution < 1.29 is 24.1 Å². The van der Waals surface area contributed by atoms with E-state index in [2.05, 4.69) is 9.89 Å². The van der Waals surface area contributed by atoms with E-state index < -0.39 is 12.1 Å². The largest absolute Gasteiger partial charge is 0.493 e. The predicted molar refractivity (Wildman–Crippen MR) is 107 cm³/mol. The van der Waals surface area contributed by atoms with Gasteiger partial charge < -0.3 is 24.2 Å². The molecule has 1 atom stereocenters. The molecular formula is C21H24N2O5. The summed E-state index contributed by atoms with van der Waals surface area (Å²) < 4.78 is 16.3. The molecule has 3 rings (SSSR count). The van der Waals surface area contributed by atoms with Crippen molar-refractivity contribution in [2.75, 3.05) is 38.3 Å². The molecular weight excluding hydrogens is 360 g/mol. The molecule has 2 aromatic rings. The molecule has 0 spiro atoms. The number of carboxylic acids is 1. The Morgan fingerprint density at radius 2 is 1.93 bits per heavy atom. The number of ether oxygens (including phenoxy) is 3. The van der Waals surface area contributed by atoms with E-state index in [1.165, 1.54) is 14.0 Å². The number of hydrogen-bond donors (Lipinski definition) is 1. The van der Waals surface area contributed by atoms with Gasteiger partial charge in [-0.1, -0.05) is 6.07 Å². The molecule has 0 aromatic heterocycles. The number of anilines is 1. The summed E-state index contributed by atoms with van der Waals surface area (Å²) in [6.07, 6.45) is 0.646. The monoisotopic (exact) mass is 384 g/mol. The summed E-state index contributed by atoms with van der Waals surface area (Å²) in [6, 6.07) is 13.3. The summed E-state index contributed by atoms with van der Waals surface area (Å²) >= 11 is 0. The normalized spacial score (nSPS) is 15.4. The molecule has 0 radical (unpaired) electrons. The topological polar surface area (TPSA) is 80.6 Å². The van der Waals surface area contributed by atoms with Crippen molar-refractivity contribution in [3.8, 4) is 11.5 Å². The standard InChI is InChI=1S/C21H24N2O5/c1-15(21(24)25)28-20-16(4-3-5-19(20)26-2)14-22-17-6-8-18(9-7-17)23-10-12-27-13-11-23/h3-9,14-15H,10-13H2,1-2H3,(H,24,25)/t15-/m1/s1. The Kier molecular flexibility index (Phi) is 6.49.